The highest BCUT2D eigenvalue weighted by Crippen LogP contribution is 2.25. The lowest BCUT2D eigenvalue weighted by molar-refractivity contribution is 0.244. The van der Waals surface area contributed by atoms with E-state index in [1.165, 1.54) is 0 Å². The van der Waals surface area contributed by atoms with Gasteiger partial charge in [-0.3, -0.25) is 0 Å². The normalized spacial score (nSPS) is 10.7. The molecule has 1 aromatic carbocycles. The maximum Gasteiger partial charge on any atom is 0.319 e. The summed E-state index contributed by atoms with van der Waals surface area (Å²) in [6, 6.07) is 4.93. The van der Waals surface area contributed by atoms with Gasteiger partial charge in [-0.25, -0.2) is 4.79 Å². The molecule has 0 heterocycles. The number of nitrogens with one attached hydrogen (secondary N) is 2. The number of hydrogen-bond acceptors (Lipinski definition) is 3. The first-order valence-electron chi connectivity index (χ1n) is 5.66. The number of ether oxygens (including phenoxy) is 2. The van der Waals surface area contributed by atoms with E-state index in [2.05, 4.69) is 10.6 Å². The summed E-state index contributed by atoms with van der Waals surface area (Å²) >= 11 is 0. The summed E-state index contributed by atoms with van der Waals surface area (Å²) in [7, 11) is 3.13. The monoisotopic (exact) mass is 252 g/mol. The van der Waals surface area contributed by atoms with Gasteiger partial charge in [0.15, 0.2) is 0 Å². The van der Waals surface area contributed by atoms with Crippen molar-refractivity contribution in [2.24, 2.45) is 0 Å². The van der Waals surface area contributed by atoms with Crippen molar-refractivity contribution < 1.29 is 14.3 Å². The molecule has 2 N–H and O–H groups in total. The van der Waals surface area contributed by atoms with Crippen molar-refractivity contribution in [3.63, 3.8) is 0 Å². The first kappa shape index (κ1) is 14.2. The second-order valence-electron chi connectivity index (χ2n) is 4.93. The Morgan fingerprint density at radius 1 is 1.06 bits per heavy atom. The van der Waals surface area contributed by atoms with Crippen LogP contribution in [0.5, 0.6) is 11.5 Å². The van der Waals surface area contributed by atoms with Crippen molar-refractivity contribution >= 4 is 11.7 Å². The second kappa shape index (κ2) is 5.62. The molecule has 2 amide bonds. The van der Waals surface area contributed by atoms with Gasteiger partial charge >= 0.3 is 6.03 Å². The van der Waals surface area contributed by atoms with Crippen LogP contribution in [0.2, 0.25) is 0 Å². The summed E-state index contributed by atoms with van der Waals surface area (Å²) in [5.41, 5.74) is 0.334. The zero-order chi connectivity index (χ0) is 13.8. The van der Waals surface area contributed by atoms with Crippen LogP contribution >= 0.6 is 0 Å². The van der Waals surface area contributed by atoms with Crippen LogP contribution < -0.4 is 20.1 Å². The number of anilines is 1. The van der Waals surface area contributed by atoms with E-state index in [1.807, 2.05) is 20.8 Å². The van der Waals surface area contributed by atoms with Crippen molar-refractivity contribution in [2.45, 2.75) is 26.3 Å². The molecular weight excluding hydrogens is 232 g/mol. The summed E-state index contributed by atoms with van der Waals surface area (Å²) in [6.07, 6.45) is 0. The van der Waals surface area contributed by atoms with E-state index in [-0.39, 0.29) is 11.6 Å². The Kier molecular flexibility index (Phi) is 4.42. The van der Waals surface area contributed by atoms with Gasteiger partial charge in [0, 0.05) is 29.4 Å². The summed E-state index contributed by atoms with van der Waals surface area (Å²) in [5.74, 6) is 1.25. The highest BCUT2D eigenvalue weighted by molar-refractivity contribution is 5.90. The van der Waals surface area contributed by atoms with Crippen LogP contribution in [0.1, 0.15) is 20.8 Å². The number of benzene rings is 1. The average Bonchev–Trinajstić information content (AvgIpc) is 2.25. The molecule has 0 atom stereocenters. The van der Waals surface area contributed by atoms with Gasteiger partial charge in [0.25, 0.3) is 0 Å². The van der Waals surface area contributed by atoms with Crippen molar-refractivity contribution in [3.8, 4) is 11.5 Å². The van der Waals surface area contributed by atoms with Crippen LogP contribution in [0, 0.1) is 0 Å². The maximum atomic E-state index is 11.7. The number of rotatable bonds is 3. The van der Waals surface area contributed by atoms with Crippen LogP contribution in [-0.4, -0.2) is 25.8 Å². The molecule has 0 radical (unpaired) electrons. The van der Waals surface area contributed by atoms with Gasteiger partial charge in [0.2, 0.25) is 0 Å². The first-order chi connectivity index (χ1) is 8.34. The molecule has 0 bridgehead atoms. The van der Waals surface area contributed by atoms with E-state index in [9.17, 15) is 4.79 Å². The molecule has 0 aliphatic heterocycles. The van der Waals surface area contributed by atoms with Gasteiger partial charge in [-0.2, -0.15) is 0 Å². The van der Waals surface area contributed by atoms with E-state index in [4.69, 9.17) is 9.47 Å². The lowest BCUT2D eigenvalue weighted by atomic mass is 10.1. The Balaban J connectivity index is 2.80. The van der Waals surface area contributed by atoms with Gasteiger partial charge in [-0.05, 0) is 20.8 Å². The van der Waals surface area contributed by atoms with Crippen LogP contribution in [0.4, 0.5) is 10.5 Å². The van der Waals surface area contributed by atoms with Gasteiger partial charge in [0.1, 0.15) is 11.5 Å². The second-order valence-corrected chi connectivity index (χ2v) is 4.93. The Hall–Kier alpha value is -1.91. The molecule has 5 heteroatoms. The molecule has 0 aliphatic carbocycles. The average molecular weight is 252 g/mol. The molecule has 0 aromatic heterocycles. The predicted molar refractivity (Wildman–Crippen MR) is 71.5 cm³/mol. The minimum atomic E-state index is -0.285. The fraction of sp³-hybridized carbons (Fsp3) is 0.462. The SMILES string of the molecule is COc1cc(NC(=O)NC(C)(C)C)cc(OC)c1. The third-order valence-electron chi connectivity index (χ3n) is 2.10. The zero-order valence-electron chi connectivity index (χ0n) is 11.5. The van der Waals surface area contributed by atoms with Crippen LogP contribution in [0.3, 0.4) is 0 Å². The third kappa shape index (κ3) is 4.53. The molecule has 0 spiro atoms. The number of methoxy groups -OCH3 is 2. The van der Waals surface area contributed by atoms with E-state index >= 15 is 0 Å². The fourth-order valence-corrected chi connectivity index (χ4v) is 1.38. The van der Waals surface area contributed by atoms with Crippen molar-refractivity contribution in [1.82, 2.24) is 5.32 Å². The Morgan fingerprint density at radius 2 is 1.56 bits per heavy atom. The molecule has 100 valence electrons. The molecule has 1 aromatic rings. The number of carbonyl (C=O) groups excluding carboxylic acids is 1. The van der Waals surface area contributed by atoms with E-state index in [0.717, 1.165) is 0 Å². The van der Waals surface area contributed by atoms with Gasteiger partial charge in [0.05, 0.1) is 14.2 Å². The summed E-state index contributed by atoms with van der Waals surface area (Å²) in [4.78, 5) is 11.7. The Morgan fingerprint density at radius 3 is 1.94 bits per heavy atom. The molecule has 0 aliphatic rings. The summed E-state index contributed by atoms with van der Waals surface area (Å²) < 4.78 is 10.3. The Bertz CT molecular complexity index is 402. The zero-order valence-corrected chi connectivity index (χ0v) is 11.5. The van der Waals surface area contributed by atoms with Crippen LogP contribution in [-0.2, 0) is 0 Å². The van der Waals surface area contributed by atoms with Crippen LogP contribution in [0.15, 0.2) is 18.2 Å². The molecule has 1 rings (SSSR count). The maximum absolute atomic E-state index is 11.7. The number of hydrogen-bond donors (Lipinski definition) is 2. The van der Waals surface area contributed by atoms with Crippen molar-refractivity contribution in [2.75, 3.05) is 19.5 Å². The largest absolute Gasteiger partial charge is 0.497 e. The minimum Gasteiger partial charge on any atom is -0.497 e. The first-order valence-corrected chi connectivity index (χ1v) is 5.66. The molecule has 0 unspecified atom stereocenters. The lowest BCUT2D eigenvalue weighted by Gasteiger charge is -2.21. The summed E-state index contributed by atoms with van der Waals surface area (Å²) in [6.45, 7) is 5.75. The highest BCUT2D eigenvalue weighted by atomic mass is 16.5. The number of carbonyl (C=O) groups is 1. The van der Waals surface area contributed by atoms with Gasteiger partial charge < -0.3 is 20.1 Å². The van der Waals surface area contributed by atoms with Gasteiger partial charge in [-0.1, -0.05) is 0 Å². The molecule has 18 heavy (non-hydrogen) atoms. The summed E-state index contributed by atoms with van der Waals surface area (Å²) in [5, 5.41) is 5.55. The van der Waals surface area contributed by atoms with E-state index in [1.54, 1.807) is 32.4 Å². The smallest absolute Gasteiger partial charge is 0.319 e. The highest BCUT2D eigenvalue weighted by Gasteiger charge is 2.14. The molecular formula is C13H20N2O3. The quantitative estimate of drug-likeness (QED) is 0.869. The molecule has 0 fully saturated rings. The van der Waals surface area contributed by atoms with Crippen LogP contribution in [0.25, 0.3) is 0 Å². The van der Waals surface area contributed by atoms with E-state index < -0.39 is 0 Å². The van der Waals surface area contributed by atoms with Crippen molar-refractivity contribution in [1.29, 1.82) is 0 Å². The predicted octanol–water partition coefficient (Wildman–Crippen LogP) is 2.62. The minimum absolute atomic E-state index is 0.266. The standard InChI is InChI=1S/C13H20N2O3/c1-13(2,3)15-12(16)14-9-6-10(17-4)8-11(7-9)18-5/h6-8H,1-5H3,(H2,14,15,16). The number of amides is 2. The molecule has 0 saturated carbocycles. The Labute approximate surface area is 107 Å². The van der Waals surface area contributed by atoms with E-state index in [0.29, 0.717) is 17.2 Å². The third-order valence-corrected chi connectivity index (χ3v) is 2.10. The van der Waals surface area contributed by atoms with Crippen molar-refractivity contribution in [3.05, 3.63) is 18.2 Å². The molecule has 0 saturated heterocycles. The van der Waals surface area contributed by atoms with Gasteiger partial charge in [-0.15, -0.1) is 0 Å². The number of urea groups is 1. The lowest BCUT2D eigenvalue weighted by Crippen LogP contribution is -2.43. The topological polar surface area (TPSA) is 59.6 Å². The fourth-order valence-electron chi connectivity index (χ4n) is 1.38. The molecule has 5 nitrogen and oxygen atoms in total.